The molecule has 0 radical (unpaired) electrons. The van der Waals surface area contributed by atoms with Gasteiger partial charge in [-0.15, -0.1) is 0 Å². The van der Waals surface area contributed by atoms with Gasteiger partial charge in [-0.05, 0) is 60.2 Å². The van der Waals surface area contributed by atoms with Crippen molar-refractivity contribution in [3.63, 3.8) is 0 Å². The number of rotatable bonds is 6. The molecule has 1 amide bonds. The van der Waals surface area contributed by atoms with E-state index in [-0.39, 0.29) is 34.6 Å². The molecule has 0 aromatic heterocycles. The normalized spacial score (nSPS) is 15.8. The molecule has 0 spiro atoms. The van der Waals surface area contributed by atoms with Crippen LogP contribution in [0.15, 0.2) is 58.3 Å². The molecule has 6 nitrogen and oxygen atoms in total. The van der Waals surface area contributed by atoms with Gasteiger partial charge in [0.05, 0.1) is 18.1 Å². The molecule has 0 saturated carbocycles. The van der Waals surface area contributed by atoms with Crippen LogP contribution in [0.1, 0.15) is 11.1 Å². The molecule has 1 fully saturated rings. The Balaban J connectivity index is 1.69. The third-order valence-corrected chi connectivity index (χ3v) is 7.25. The summed E-state index contributed by atoms with van der Waals surface area (Å²) < 4.78 is 69.4. The van der Waals surface area contributed by atoms with Crippen molar-refractivity contribution in [3.05, 3.63) is 59.7 Å². The summed E-state index contributed by atoms with van der Waals surface area (Å²) >= 11 is -0.212. The molecule has 1 saturated heterocycles. The van der Waals surface area contributed by atoms with Crippen LogP contribution >= 0.6 is 11.8 Å². The van der Waals surface area contributed by atoms with Gasteiger partial charge in [-0.1, -0.05) is 18.2 Å². The smallest absolute Gasteiger partial charge is 0.379 e. The number of thioether (sulfide) groups is 1. The maximum Gasteiger partial charge on any atom is 0.446 e. The topological polar surface area (TPSA) is 75.7 Å². The summed E-state index contributed by atoms with van der Waals surface area (Å²) in [6.45, 7) is 2.92. The molecule has 1 aliphatic rings. The van der Waals surface area contributed by atoms with Crippen molar-refractivity contribution < 1.29 is 31.1 Å². The Morgan fingerprint density at radius 2 is 1.78 bits per heavy atom. The Hall–Kier alpha value is -2.34. The SMILES string of the molecule is Cc1ccc(S(=O)(=O)N2CCOCC2)cc1NC(=O)C=Cc1ccc(SC(F)(F)F)cc1. The summed E-state index contributed by atoms with van der Waals surface area (Å²) in [5, 5.41) is 2.65. The Kier molecular flexibility index (Phi) is 7.65. The second-order valence-electron chi connectivity index (χ2n) is 6.93. The maximum absolute atomic E-state index is 12.8. The quantitative estimate of drug-likeness (QED) is 0.487. The minimum absolute atomic E-state index is 0.0491. The fourth-order valence-corrected chi connectivity index (χ4v) is 4.93. The van der Waals surface area contributed by atoms with Crippen molar-refractivity contribution >= 4 is 39.5 Å². The Labute approximate surface area is 188 Å². The van der Waals surface area contributed by atoms with E-state index >= 15 is 0 Å². The van der Waals surface area contributed by atoms with Gasteiger partial charge in [0.1, 0.15) is 0 Å². The van der Waals surface area contributed by atoms with Gasteiger partial charge in [0.15, 0.2) is 0 Å². The maximum atomic E-state index is 12.8. The van der Waals surface area contributed by atoms with Crippen LogP contribution < -0.4 is 5.32 Å². The fraction of sp³-hybridized carbons (Fsp3) is 0.286. The minimum Gasteiger partial charge on any atom is -0.379 e. The van der Waals surface area contributed by atoms with E-state index in [0.717, 1.165) is 0 Å². The van der Waals surface area contributed by atoms with Gasteiger partial charge in [0.25, 0.3) is 0 Å². The second-order valence-corrected chi connectivity index (χ2v) is 10.0. The first kappa shape index (κ1) is 24.3. The number of halogens is 3. The average Bonchev–Trinajstić information content (AvgIpc) is 2.74. The third kappa shape index (κ3) is 6.58. The van der Waals surface area contributed by atoms with Crippen molar-refractivity contribution in [2.24, 2.45) is 0 Å². The molecule has 0 unspecified atom stereocenters. The number of benzene rings is 2. The van der Waals surface area contributed by atoms with Crippen LogP contribution in [-0.4, -0.2) is 50.4 Å². The van der Waals surface area contributed by atoms with Gasteiger partial charge in [0, 0.05) is 29.7 Å². The van der Waals surface area contributed by atoms with Crippen LogP contribution in [0.2, 0.25) is 0 Å². The zero-order valence-electron chi connectivity index (χ0n) is 17.1. The minimum atomic E-state index is -4.36. The lowest BCUT2D eigenvalue weighted by Crippen LogP contribution is -2.40. The van der Waals surface area contributed by atoms with Crippen LogP contribution in [0, 0.1) is 6.92 Å². The van der Waals surface area contributed by atoms with Crippen molar-refractivity contribution in [3.8, 4) is 0 Å². The Morgan fingerprint density at radius 1 is 1.12 bits per heavy atom. The number of sulfonamides is 1. The Bertz CT molecular complexity index is 1100. The van der Waals surface area contributed by atoms with E-state index in [2.05, 4.69) is 5.32 Å². The molecule has 0 aliphatic carbocycles. The van der Waals surface area contributed by atoms with Gasteiger partial charge >= 0.3 is 5.51 Å². The summed E-state index contributed by atoms with van der Waals surface area (Å²) in [6, 6.07) is 10.1. The zero-order valence-corrected chi connectivity index (χ0v) is 18.7. The molecule has 1 N–H and O–H groups in total. The first-order valence-electron chi connectivity index (χ1n) is 9.58. The summed E-state index contributed by atoms with van der Waals surface area (Å²) in [5.41, 5.74) is -2.78. The Morgan fingerprint density at radius 3 is 2.41 bits per heavy atom. The molecule has 32 heavy (non-hydrogen) atoms. The molecule has 11 heteroatoms. The molecule has 0 bridgehead atoms. The number of morpholine rings is 1. The highest BCUT2D eigenvalue weighted by Gasteiger charge is 2.29. The molecule has 1 heterocycles. The summed E-state index contributed by atoms with van der Waals surface area (Å²) in [4.78, 5) is 12.4. The monoisotopic (exact) mass is 486 g/mol. The molecule has 0 atom stereocenters. The fourth-order valence-electron chi connectivity index (χ4n) is 2.96. The third-order valence-electron chi connectivity index (χ3n) is 4.62. The summed E-state index contributed by atoms with van der Waals surface area (Å²) in [7, 11) is -3.71. The number of nitrogens with zero attached hydrogens (tertiary/aromatic N) is 1. The number of anilines is 1. The van der Waals surface area contributed by atoms with Gasteiger partial charge in [-0.2, -0.15) is 17.5 Å². The van der Waals surface area contributed by atoms with E-state index in [1.54, 1.807) is 13.0 Å². The highest BCUT2D eigenvalue weighted by atomic mass is 32.2. The average molecular weight is 487 g/mol. The number of hydrogen-bond acceptors (Lipinski definition) is 5. The van der Waals surface area contributed by atoms with E-state index in [9.17, 15) is 26.4 Å². The van der Waals surface area contributed by atoms with Crippen LogP contribution in [-0.2, 0) is 19.6 Å². The molecule has 172 valence electrons. The first-order valence-corrected chi connectivity index (χ1v) is 11.8. The predicted octanol–water partition coefficient (Wildman–Crippen LogP) is 4.28. The van der Waals surface area contributed by atoms with Gasteiger partial charge < -0.3 is 10.1 Å². The number of carbonyl (C=O) groups is 1. The lowest BCUT2D eigenvalue weighted by atomic mass is 10.2. The van der Waals surface area contributed by atoms with Crippen molar-refractivity contribution in [2.75, 3.05) is 31.6 Å². The van der Waals surface area contributed by atoms with Crippen LogP contribution in [0.25, 0.3) is 6.08 Å². The van der Waals surface area contributed by atoms with Crippen LogP contribution in [0.4, 0.5) is 18.9 Å². The van der Waals surface area contributed by atoms with Crippen LogP contribution in [0.3, 0.4) is 0 Å². The van der Waals surface area contributed by atoms with Gasteiger partial charge in [0.2, 0.25) is 15.9 Å². The van der Waals surface area contributed by atoms with E-state index in [1.807, 2.05) is 0 Å². The predicted molar refractivity (Wildman–Crippen MR) is 117 cm³/mol. The number of nitrogens with one attached hydrogen (secondary N) is 1. The number of carbonyl (C=O) groups excluding carboxylic acids is 1. The van der Waals surface area contributed by atoms with Gasteiger partial charge in [-0.25, -0.2) is 8.42 Å². The van der Waals surface area contributed by atoms with E-state index < -0.39 is 21.4 Å². The number of aryl methyl sites for hydroxylation is 1. The lowest BCUT2D eigenvalue weighted by molar-refractivity contribution is -0.111. The van der Waals surface area contributed by atoms with E-state index in [0.29, 0.717) is 30.0 Å². The molecular formula is C21H21F3N2O4S2. The summed E-state index contributed by atoms with van der Waals surface area (Å²) in [5.74, 6) is -0.497. The largest absolute Gasteiger partial charge is 0.446 e. The highest BCUT2D eigenvalue weighted by molar-refractivity contribution is 8.00. The lowest BCUT2D eigenvalue weighted by Gasteiger charge is -2.26. The van der Waals surface area contributed by atoms with E-state index in [4.69, 9.17) is 4.74 Å². The van der Waals surface area contributed by atoms with Crippen molar-refractivity contribution in [2.45, 2.75) is 22.2 Å². The first-order chi connectivity index (χ1) is 15.0. The highest BCUT2D eigenvalue weighted by Crippen LogP contribution is 2.36. The molecular weight excluding hydrogens is 465 g/mol. The van der Waals surface area contributed by atoms with E-state index in [1.165, 1.54) is 52.9 Å². The second kappa shape index (κ2) is 10.1. The van der Waals surface area contributed by atoms with Crippen LogP contribution in [0.5, 0.6) is 0 Å². The molecule has 2 aromatic rings. The van der Waals surface area contributed by atoms with Crippen molar-refractivity contribution in [1.29, 1.82) is 0 Å². The molecule has 3 rings (SSSR count). The number of amides is 1. The van der Waals surface area contributed by atoms with Crippen molar-refractivity contribution in [1.82, 2.24) is 4.31 Å². The standard InChI is InChI=1S/C21H21F3N2O4S2/c1-15-2-8-18(32(28,29)26-10-12-30-13-11-26)14-19(15)25-20(27)9-5-16-3-6-17(7-4-16)31-21(22,23)24/h2-9,14H,10-13H2,1H3,(H,25,27). The van der Waals surface area contributed by atoms with Gasteiger partial charge in [-0.3, -0.25) is 4.79 Å². The number of hydrogen-bond donors (Lipinski definition) is 1. The number of ether oxygens (including phenoxy) is 1. The molecule has 2 aromatic carbocycles. The summed E-state index contributed by atoms with van der Waals surface area (Å²) in [6.07, 6.45) is 2.69. The zero-order chi connectivity index (χ0) is 23.4. The molecule has 1 aliphatic heterocycles. The number of alkyl halides is 3.